The van der Waals surface area contributed by atoms with Crippen molar-refractivity contribution in [3.05, 3.63) is 41.1 Å². The molecule has 0 fully saturated rings. The predicted molar refractivity (Wildman–Crippen MR) is 72.9 cm³/mol. The molecule has 0 saturated heterocycles. The second-order valence-electron chi connectivity index (χ2n) is 4.28. The van der Waals surface area contributed by atoms with Gasteiger partial charge in [0, 0.05) is 24.3 Å². The third-order valence-corrected chi connectivity index (χ3v) is 2.82. The Hall–Kier alpha value is -2.44. The van der Waals surface area contributed by atoms with Crippen LogP contribution in [-0.2, 0) is 6.54 Å². The minimum Gasteiger partial charge on any atom is -0.370 e. The van der Waals surface area contributed by atoms with E-state index in [0.717, 1.165) is 17.5 Å². The smallest absolute Gasteiger partial charge is 0.255 e. The summed E-state index contributed by atoms with van der Waals surface area (Å²) in [6, 6.07) is 1.17. The van der Waals surface area contributed by atoms with E-state index in [4.69, 9.17) is 0 Å². The van der Waals surface area contributed by atoms with Crippen molar-refractivity contribution in [2.24, 2.45) is 0 Å². The zero-order valence-corrected chi connectivity index (χ0v) is 11.3. The molecular formula is C13H16FN5O. The first-order valence-corrected chi connectivity index (χ1v) is 6.28. The summed E-state index contributed by atoms with van der Waals surface area (Å²) in [4.78, 5) is 16.0. The Kier molecular flexibility index (Phi) is 4.29. The van der Waals surface area contributed by atoms with Crippen molar-refractivity contribution in [3.8, 4) is 0 Å². The van der Waals surface area contributed by atoms with Gasteiger partial charge in [-0.15, -0.1) is 0 Å². The molecule has 2 aromatic heterocycles. The van der Waals surface area contributed by atoms with Gasteiger partial charge in [-0.1, -0.05) is 0 Å². The number of nitrogens with zero attached hydrogens (tertiary/aromatic N) is 2. The quantitative estimate of drug-likeness (QED) is 0.775. The van der Waals surface area contributed by atoms with E-state index in [0.29, 0.717) is 18.9 Å². The standard InChI is InChI=1S/C13H16FN5O/c1-3-15-12-11(4-10(14)7-16-12)13(20)17-5-9-6-18-19-8(9)2/h4,6-7H,3,5H2,1-2H3,(H,15,16)(H,17,20)(H,18,19). The topological polar surface area (TPSA) is 82.7 Å². The molecule has 1 amide bonds. The van der Waals surface area contributed by atoms with Crippen LogP contribution in [0.25, 0.3) is 0 Å². The Morgan fingerprint density at radius 1 is 1.45 bits per heavy atom. The van der Waals surface area contributed by atoms with Crippen molar-refractivity contribution >= 4 is 11.7 Å². The molecule has 20 heavy (non-hydrogen) atoms. The summed E-state index contributed by atoms with van der Waals surface area (Å²) in [7, 11) is 0. The minimum absolute atomic E-state index is 0.188. The van der Waals surface area contributed by atoms with Crippen LogP contribution >= 0.6 is 0 Å². The lowest BCUT2D eigenvalue weighted by molar-refractivity contribution is 0.0951. The van der Waals surface area contributed by atoms with E-state index >= 15 is 0 Å². The van der Waals surface area contributed by atoms with Gasteiger partial charge in [-0.2, -0.15) is 5.10 Å². The Morgan fingerprint density at radius 3 is 2.90 bits per heavy atom. The normalized spacial score (nSPS) is 10.3. The number of pyridine rings is 1. The average molecular weight is 277 g/mol. The van der Waals surface area contributed by atoms with Gasteiger partial charge < -0.3 is 10.6 Å². The lowest BCUT2D eigenvalue weighted by Gasteiger charge is -2.10. The van der Waals surface area contributed by atoms with Gasteiger partial charge in [0.05, 0.1) is 18.0 Å². The number of halogens is 1. The highest BCUT2D eigenvalue weighted by molar-refractivity contribution is 5.98. The number of carbonyl (C=O) groups excluding carboxylic acids is 1. The number of nitrogens with one attached hydrogen (secondary N) is 3. The van der Waals surface area contributed by atoms with Gasteiger partial charge in [0.25, 0.3) is 5.91 Å². The largest absolute Gasteiger partial charge is 0.370 e. The monoisotopic (exact) mass is 277 g/mol. The molecule has 0 bridgehead atoms. The van der Waals surface area contributed by atoms with Crippen LogP contribution in [0.15, 0.2) is 18.5 Å². The second-order valence-corrected chi connectivity index (χ2v) is 4.28. The summed E-state index contributed by atoms with van der Waals surface area (Å²) < 4.78 is 13.2. The van der Waals surface area contributed by atoms with Gasteiger partial charge in [0.1, 0.15) is 11.6 Å². The number of hydrogen-bond donors (Lipinski definition) is 3. The highest BCUT2D eigenvalue weighted by Gasteiger charge is 2.14. The van der Waals surface area contributed by atoms with E-state index in [1.807, 2.05) is 13.8 Å². The fourth-order valence-electron chi connectivity index (χ4n) is 1.75. The number of aromatic nitrogens is 3. The molecule has 0 spiro atoms. The van der Waals surface area contributed by atoms with Gasteiger partial charge >= 0.3 is 0 Å². The van der Waals surface area contributed by atoms with E-state index in [-0.39, 0.29) is 11.5 Å². The average Bonchev–Trinajstić information content (AvgIpc) is 2.84. The maximum absolute atomic E-state index is 13.2. The van der Waals surface area contributed by atoms with Crippen molar-refractivity contribution < 1.29 is 9.18 Å². The van der Waals surface area contributed by atoms with E-state index in [1.165, 1.54) is 6.07 Å². The molecule has 0 aliphatic carbocycles. The second kappa shape index (κ2) is 6.14. The molecule has 3 N–H and O–H groups in total. The number of anilines is 1. The van der Waals surface area contributed by atoms with Gasteiger partial charge in [0.2, 0.25) is 0 Å². The highest BCUT2D eigenvalue weighted by Crippen LogP contribution is 2.13. The van der Waals surface area contributed by atoms with Crippen molar-refractivity contribution in [1.82, 2.24) is 20.5 Å². The lowest BCUT2D eigenvalue weighted by Crippen LogP contribution is -2.24. The summed E-state index contributed by atoms with van der Waals surface area (Å²) >= 11 is 0. The van der Waals surface area contributed by atoms with Crippen molar-refractivity contribution in [3.63, 3.8) is 0 Å². The summed E-state index contributed by atoms with van der Waals surface area (Å²) in [5.74, 6) is -0.555. The minimum atomic E-state index is -0.545. The first-order valence-electron chi connectivity index (χ1n) is 6.28. The molecule has 0 aliphatic heterocycles. The van der Waals surface area contributed by atoms with Gasteiger partial charge in [-0.25, -0.2) is 9.37 Å². The van der Waals surface area contributed by atoms with Crippen LogP contribution in [0.5, 0.6) is 0 Å². The molecule has 0 atom stereocenters. The number of H-pyrrole nitrogens is 1. The maximum Gasteiger partial charge on any atom is 0.255 e. The van der Waals surface area contributed by atoms with E-state index in [2.05, 4.69) is 25.8 Å². The molecule has 0 unspecified atom stereocenters. The molecule has 7 heteroatoms. The van der Waals surface area contributed by atoms with Crippen LogP contribution in [-0.4, -0.2) is 27.6 Å². The van der Waals surface area contributed by atoms with Crippen LogP contribution in [0.1, 0.15) is 28.5 Å². The number of amides is 1. The number of aromatic amines is 1. The Balaban J connectivity index is 2.12. The van der Waals surface area contributed by atoms with Crippen LogP contribution in [0.2, 0.25) is 0 Å². The molecule has 0 aromatic carbocycles. The Bertz CT molecular complexity index is 611. The zero-order chi connectivity index (χ0) is 14.5. The molecule has 0 radical (unpaired) electrons. The lowest BCUT2D eigenvalue weighted by atomic mass is 10.2. The SMILES string of the molecule is CCNc1ncc(F)cc1C(=O)NCc1cn[nH]c1C. The number of hydrogen-bond acceptors (Lipinski definition) is 4. The van der Waals surface area contributed by atoms with Crippen molar-refractivity contribution in [1.29, 1.82) is 0 Å². The van der Waals surface area contributed by atoms with Crippen LogP contribution in [0.3, 0.4) is 0 Å². The summed E-state index contributed by atoms with van der Waals surface area (Å²) in [6.45, 7) is 4.66. The first kappa shape index (κ1) is 14.0. The fraction of sp³-hybridized carbons (Fsp3) is 0.308. The van der Waals surface area contributed by atoms with E-state index < -0.39 is 5.82 Å². The zero-order valence-electron chi connectivity index (χ0n) is 11.3. The molecule has 0 saturated carbocycles. The molecular weight excluding hydrogens is 261 g/mol. The van der Waals surface area contributed by atoms with E-state index in [1.54, 1.807) is 6.20 Å². The summed E-state index contributed by atoms with van der Waals surface area (Å²) in [6.07, 6.45) is 2.72. The summed E-state index contributed by atoms with van der Waals surface area (Å²) in [5.41, 5.74) is 1.95. The first-order chi connectivity index (χ1) is 9.61. The van der Waals surface area contributed by atoms with Crippen LogP contribution in [0.4, 0.5) is 10.2 Å². The maximum atomic E-state index is 13.2. The number of carbonyl (C=O) groups is 1. The Morgan fingerprint density at radius 2 is 2.25 bits per heavy atom. The molecule has 2 rings (SSSR count). The van der Waals surface area contributed by atoms with Crippen LogP contribution in [0, 0.1) is 12.7 Å². The highest BCUT2D eigenvalue weighted by atomic mass is 19.1. The van der Waals surface area contributed by atoms with Crippen molar-refractivity contribution in [2.75, 3.05) is 11.9 Å². The fourth-order valence-corrected chi connectivity index (χ4v) is 1.75. The van der Waals surface area contributed by atoms with Gasteiger partial charge in [-0.05, 0) is 19.9 Å². The van der Waals surface area contributed by atoms with Gasteiger partial charge in [-0.3, -0.25) is 9.89 Å². The third-order valence-electron chi connectivity index (χ3n) is 2.82. The molecule has 6 nitrogen and oxygen atoms in total. The third kappa shape index (κ3) is 3.11. The molecule has 2 heterocycles. The molecule has 2 aromatic rings. The predicted octanol–water partition coefficient (Wildman–Crippen LogP) is 1.61. The Labute approximate surface area is 115 Å². The number of aryl methyl sites for hydroxylation is 1. The molecule has 106 valence electrons. The summed E-state index contributed by atoms with van der Waals surface area (Å²) in [5, 5.41) is 12.3. The van der Waals surface area contributed by atoms with E-state index in [9.17, 15) is 9.18 Å². The molecule has 0 aliphatic rings. The van der Waals surface area contributed by atoms with Crippen molar-refractivity contribution in [2.45, 2.75) is 20.4 Å². The van der Waals surface area contributed by atoms with Crippen LogP contribution < -0.4 is 10.6 Å². The number of rotatable bonds is 5. The van der Waals surface area contributed by atoms with Gasteiger partial charge in [0.15, 0.2) is 0 Å².